The first-order chi connectivity index (χ1) is 39.8. The van der Waals surface area contributed by atoms with Crippen LogP contribution in [0.1, 0.15) is 128 Å². The monoisotopic (exact) mass is 1120 g/mol. The number of nitro benzene ring substituents is 1. The quantitative estimate of drug-likeness (QED) is 0.121. The Balaban J connectivity index is 0.000000480. The fourth-order valence-corrected chi connectivity index (χ4v) is 9.20. The number of non-ortho nitro benzene ring substituents is 1. The van der Waals surface area contributed by atoms with Gasteiger partial charge in [0.25, 0.3) is 5.69 Å². The molecular weight excluding hydrogens is 1020 g/mol. The van der Waals surface area contributed by atoms with Crippen molar-refractivity contribution in [3.05, 3.63) is 219 Å². The summed E-state index contributed by atoms with van der Waals surface area (Å²) in [5, 5.41) is 18.1. The molecule has 0 amide bonds. The molecule has 0 N–H and O–H groups in total. The first-order valence-electron chi connectivity index (χ1n) is 30.1. The summed E-state index contributed by atoms with van der Waals surface area (Å²) in [5.74, 6) is 0. The minimum Gasteiger partial charge on any atom is -0.351 e. The summed E-state index contributed by atoms with van der Waals surface area (Å²) in [6.07, 6.45) is 12.4. The highest BCUT2D eigenvalue weighted by atomic mass is 16.6. The van der Waals surface area contributed by atoms with Crippen LogP contribution in [0.5, 0.6) is 0 Å². The number of nitro groups is 1. The molecule has 6 aromatic carbocycles. The SMILES string of the molecule is CC.CC.CC.CC.CC.CC.Cc1cc(C)c2c(ccn2C)c1.Cc1cc2ccn(C)c2cc1C.Cc1ccc2c(ccn2C)c1.Cc1ccc2c(ccn2C)c1.Cc1ccc2c(ccn2C)c1C.Cn1ccc2cc([N+](=O)[O-])ccc21. The lowest BCUT2D eigenvalue weighted by Crippen LogP contribution is -1.88. The number of hydrogen-bond acceptors (Lipinski definition) is 2. The van der Waals surface area contributed by atoms with Crippen LogP contribution < -0.4 is 0 Å². The van der Waals surface area contributed by atoms with Gasteiger partial charge in [0.1, 0.15) is 0 Å². The van der Waals surface area contributed by atoms with E-state index < -0.39 is 0 Å². The van der Waals surface area contributed by atoms with Crippen molar-refractivity contribution in [2.24, 2.45) is 42.3 Å². The van der Waals surface area contributed by atoms with Crippen molar-refractivity contribution >= 4 is 71.1 Å². The maximum atomic E-state index is 10.5. The zero-order chi connectivity index (χ0) is 63.3. The van der Waals surface area contributed by atoms with Crippen LogP contribution in [0.4, 0.5) is 5.69 Å². The summed E-state index contributed by atoms with van der Waals surface area (Å²) in [5.41, 5.74) is 18.6. The minimum absolute atomic E-state index is 0.138. The minimum atomic E-state index is -0.382. The Bertz CT molecular complexity index is 3730. The highest BCUT2D eigenvalue weighted by molar-refractivity contribution is 5.86. The third-order valence-electron chi connectivity index (χ3n) is 13.6. The predicted molar refractivity (Wildman–Crippen MR) is 370 cm³/mol. The van der Waals surface area contributed by atoms with E-state index in [4.69, 9.17) is 0 Å². The van der Waals surface area contributed by atoms with Crippen LogP contribution in [0, 0.1) is 65.5 Å². The van der Waals surface area contributed by atoms with Gasteiger partial charge < -0.3 is 27.4 Å². The van der Waals surface area contributed by atoms with Gasteiger partial charge in [0.2, 0.25) is 0 Å². The van der Waals surface area contributed by atoms with E-state index in [9.17, 15) is 10.1 Å². The number of nitrogens with zero attached hydrogens (tertiary/aromatic N) is 7. The molecule has 0 aliphatic carbocycles. The van der Waals surface area contributed by atoms with E-state index in [1.807, 2.05) is 107 Å². The molecule has 448 valence electrons. The van der Waals surface area contributed by atoms with Gasteiger partial charge in [-0.1, -0.05) is 124 Å². The van der Waals surface area contributed by atoms with Crippen molar-refractivity contribution in [3.63, 3.8) is 0 Å². The topological polar surface area (TPSA) is 72.7 Å². The third kappa shape index (κ3) is 20.1. The van der Waals surface area contributed by atoms with Gasteiger partial charge in [-0.25, -0.2) is 0 Å². The first-order valence-corrected chi connectivity index (χ1v) is 30.1. The van der Waals surface area contributed by atoms with E-state index in [1.165, 1.54) is 105 Å². The van der Waals surface area contributed by atoms with Crippen LogP contribution in [0.25, 0.3) is 65.4 Å². The van der Waals surface area contributed by atoms with Crippen molar-refractivity contribution in [2.45, 2.75) is 138 Å². The van der Waals surface area contributed by atoms with Crippen LogP contribution >= 0.6 is 0 Å². The molecule has 0 fully saturated rings. The van der Waals surface area contributed by atoms with Crippen LogP contribution in [0.15, 0.2) is 165 Å². The van der Waals surface area contributed by atoms with Crippen molar-refractivity contribution in [1.29, 1.82) is 0 Å². The van der Waals surface area contributed by atoms with Crippen LogP contribution in [-0.2, 0) is 42.3 Å². The summed E-state index contributed by atoms with van der Waals surface area (Å²) >= 11 is 0. The van der Waals surface area contributed by atoms with E-state index in [1.54, 1.807) is 12.1 Å². The molecule has 6 heterocycles. The lowest BCUT2D eigenvalue weighted by Gasteiger charge is -2.02. The molecule has 0 unspecified atom stereocenters. The zero-order valence-electron chi connectivity index (χ0n) is 56.0. The van der Waals surface area contributed by atoms with Gasteiger partial charge in [-0.2, -0.15) is 0 Å². The summed E-state index contributed by atoms with van der Waals surface area (Å²) < 4.78 is 12.7. The summed E-state index contributed by atoms with van der Waals surface area (Å²) in [4.78, 5) is 10.1. The smallest absolute Gasteiger partial charge is 0.270 e. The van der Waals surface area contributed by atoms with E-state index in [2.05, 4.69) is 248 Å². The van der Waals surface area contributed by atoms with Crippen LogP contribution in [0.3, 0.4) is 0 Å². The lowest BCUT2D eigenvalue weighted by atomic mass is 10.1. The molecule has 0 saturated heterocycles. The number of aryl methyl sites for hydroxylation is 14. The van der Waals surface area contributed by atoms with Gasteiger partial charge in [0.15, 0.2) is 0 Å². The summed E-state index contributed by atoms with van der Waals surface area (Å²) in [7, 11) is 12.3. The Hall–Kier alpha value is -8.04. The van der Waals surface area contributed by atoms with E-state index in [-0.39, 0.29) is 10.6 Å². The van der Waals surface area contributed by atoms with Crippen LogP contribution in [0.2, 0.25) is 0 Å². The van der Waals surface area contributed by atoms with Crippen molar-refractivity contribution in [3.8, 4) is 0 Å². The highest BCUT2D eigenvalue weighted by Crippen LogP contribution is 2.24. The van der Waals surface area contributed by atoms with Crippen molar-refractivity contribution in [1.82, 2.24) is 27.4 Å². The molecule has 0 spiro atoms. The molecule has 9 nitrogen and oxygen atoms in total. The maximum Gasteiger partial charge on any atom is 0.270 e. The number of fused-ring (bicyclic) bond motifs is 6. The number of aromatic nitrogens is 6. The summed E-state index contributed by atoms with van der Waals surface area (Å²) in [6.45, 7) is 41.2. The molecule has 83 heavy (non-hydrogen) atoms. The molecule has 0 bridgehead atoms. The molecule has 6 aromatic heterocycles. The Morgan fingerprint density at radius 3 is 1.12 bits per heavy atom. The molecular formula is C74H105N7O2. The predicted octanol–water partition coefficient (Wildman–Crippen LogP) is 21.6. The summed E-state index contributed by atoms with van der Waals surface area (Å²) in [6, 6.07) is 43.8. The van der Waals surface area contributed by atoms with Crippen molar-refractivity contribution in [2.75, 3.05) is 0 Å². The molecule has 0 saturated carbocycles. The average Bonchev–Trinajstić information content (AvgIpc) is 4.58. The highest BCUT2D eigenvalue weighted by Gasteiger charge is 2.07. The molecule has 12 rings (SSSR count). The second kappa shape index (κ2) is 37.1. The molecule has 0 aliphatic rings. The van der Waals surface area contributed by atoms with E-state index in [0.29, 0.717) is 0 Å². The second-order valence-corrected chi connectivity index (χ2v) is 19.1. The molecule has 12 aromatic rings. The van der Waals surface area contributed by atoms with Gasteiger partial charge in [0, 0.05) is 135 Å². The Morgan fingerprint density at radius 1 is 0.301 bits per heavy atom. The van der Waals surface area contributed by atoms with E-state index >= 15 is 0 Å². The van der Waals surface area contributed by atoms with Gasteiger partial charge >= 0.3 is 0 Å². The molecule has 0 atom stereocenters. The van der Waals surface area contributed by atoms with Crippen molar-refractivity contribution < 1.29 is 4.92 Å². The molecule has 0 radical (unpaired) electrons. The van der Waals surface area contributed by atoms with Gasteiger partial charge in [-0.3, -0.25) is 10.1 Å². The van der Waals surface area contributed by atoms with Crippen LogP contribution in [-0.4, -0.2) is 32.3 Å². The maximum absolute atomic E-state index is 10.5. The Kier molecular flexibility index (Phi) is 32.7. The normalized spacial score (nSPS) is 9.66. The zero-order valence-corrected chi connectivity index (χ0v) is 56.0. The van der Waals surface area contributed by atoms with Gasteiger partial charge in [-0.05, 0) is 190 Å². The fraction of sp³-hybridized carbons (Fsp3) is 0.351. The lowest BCUT2D eigenvalue weighted by molar-refractivity contribution is -0.384. The third-order valence-corrected chi connectivity index (χ3v) is 13.6. The first kappa shape index (κ1) is 73.0. The standard InChI is InChI=1S/3C11H13N.2C10H11N.C9H8N2O2.6C2H6/c1-8-6-10-4-5-12(3)11(10)7-9(8)2;1-8-6-9(2)11-10(7-8)4-5-12(11)3;1-8-4-5-11-10(9(8)2)6-7-12(11)3;2*1-8-3-4-10-9(7-8)5-6-11(10)2;1-10-5-4-7-6-8(11(12)13)2-3-9(7)10;6*1-2/h3*4-7H,1-3H3;2*3-7H,1-2H3;2-6H,1H3;6*1-2H3. The Morgan fingerprint density at radius 2 is 0.651 bits per heavy atom. The largest absolute Gasteiger partial charge is 0.351 e. The molecule has 0 aliphatic heterocycles. The van der Waals surface area contributed by atoms with Gasteiger partial charge in [0.05, 0.1) is 10.4 Å². The fourth-order valence-electron chi connectivity index (χ4n) is 9.20. The Labute approximate surface area is 501 Å². The number of rotatable bonds is 1. The molecule has 9 heteroatoms. The number of benzene rings is 6. The second-order valence-electron chi connectivity index (χ2n) is 19.1. The number of hydrogen-bond donors (Lipinski definition) is 0. The average molecular weight is 1120 g/mol. The van der Waals surface area contributed by atoms with Gasteiger partial charge in [-0.15, -0.1) is 0 Å². The van der Waals surface area contributed by atoms with E-state index in [0.717, 1.165) is 10.9 Å².